The predicted molar refractivity (Wildman–Crippen MR) is 493 cm³/mol. The van der Waals surface area contributed by atoms with Crippen molar-refractivity contribution >= 4 is 183 Å². The van der Waals surface area contributed by atoms with Gasteiger partial charge in [-0.05, 0) is 229 Å². The highest BCUT2D eigenvalue weighted by molar-refractivity contribution is 6.62. The zero-order chi connectivity index (χ0) is 83.4. The molecule has 16 aromatic carbocycles. The molecule has 16 aromatic rings. The lowest BCUT2D eigenvalue weighted by Gasteiger charge is -2.33. The summed E-state index contributed by atoms with van der Waals surface area (Å²) in [5.74, 6) is 4.99. The van der Waals surface area contributed by atoms with Crippen molar-refractivity contribution in [3.8, 4) is 51.7 Å². The number of unbranched alkanes of at least 4 members (excludes halogenated alkanes) is 9. The minimum atomic E-state index is -0.378. The smallest absolute Gasteiger partial charge is 0.269 e. The largest absolute Gasteiger partial charge is 0.489 e. The number of non-ortho nitro benzene ring substituents is 3. The van der Waals surface area contributed by atoms with Gasteiger partial charge in [0.15, 0.2) is 34.5 Å². The van der Waals surface area contributed by atoms with Gasteiger partial charge in [-0.3, -0.25) is 30.3 Å². The molecule has 0 saturated heterocycles. The van der Waals surface area contributed by atoms with Crippen LogP contribution in [0.25, 0.3) is 166 Å². The molecule has 0 aliphatic carbocycles. The highest BCUT2D eigenvalue weighted by Gasteiger charge is 2.40. The van der Waals surface area contributed by atoms with Crippen LogP contribution in [-0.2, 0) is 0 Å². The third-order valence-electron chi connectivity index (χ3n) is 23.6. The topological polar surface area (TPSA) is 212 Å². The van der Waals surface area contributed by atoms with E-state index in [1.54, 1.807) is 36.4 Å². The number of rotatable bonds is 45. The summed E-state index contributed by atoms with van der Waals surface area (Å²) in [6.07, 6.45) is 26.8. The first-order valence-electron chi connectivity index (χ1n) is 43.7. The minimum Gasteiger partial charge on any atom is -0.489 e. The van der Waals surface area contributed by atoms with Crippen LogP contribution in [0.2, 0.25) is 0 Å². The Balaban J connectivity index is 1.27. The van der Waals surface area contributed by atoms with E-state index in [4.69, 9.17) is 42.6 Å². The van der Waals surface area contributed by atoms with Crippen molar-refractivity contribution in [1.29, 1.82) is 0 Å². The van der Waals surface area contributed by atoms with Crippen LogP contribution in [0.15, 0.2) is 109 Å². The lowest BCUT2D eigenvalue weighted by molar-refractivity contribution is -0.385. The maximum Gasteiger partial charge on any atom is 0.269 e. The van der Waals surface area contributed by atoms with Gasteiger partial charge in [0, 0.05) is 101 Å². The van der Waals surface area contributed by atoms with Crippen LogP contribution in [-0.4, -0.2) is 74.2 Å². The van der Waals surface area contributed by atoms with Gasteiger partial charge in [0.25, 0.3) is 17.1 Å². The van der Waals surface area contributed by atoms with Crippen LogP contribution in [0.5, 0.6) is 51.7 Å². The number of hydrogen-bond donors (Lipinski definition) is 0. The lowest BCUT2D eigenvalue weighted by Crippen LogP contribution is -2.10. The van der Waals surface area contributed by atoms with Crippen LogP contribution < -0.4 is 42.6 Å². The first kappa shape index (κ1) is 81.6. The highest BCUT2D eigenvalue weighted by Crippen LogP contribution is 2.68. The molecule has 16 rings (SSSR count). The summed E-state index contributed by atoms with van der Waals surface area (Å²) >= 11 is 0. The lowest BCUT2D eigenvalue weighted by atomic mass is 9.72. The second-order valence-electron chi connectivity index (χ2n) is 31.9. The zero-order valence-electron chi connectivity index (χ0n) is 70.4. The van der Waals surface area contributed by atoms with E-state index < -0.39 is 0 Å². The molecule has 0 heterocycles. The summed E-state index contributed by atoms with van der Waals surface area (Å²) in [5, 5.41) is 58.9. The first-order valence-corrected chi connectivity index (χ1v) is 43.7. The Labute approximate surface area is 698 Å². The van der Waals surface area contributed by atoms with Crippen molar-refractivity contribution in [1.82, 2.24) is 0 Å². The summed E-state index contributed by atoms with van der Waals surface area (Å²) in [6, 6.07) is 33.7. The minimum absolute atomic E-state index is 0.00926. The van der Waals surface area contributed by atoms with E-state index in [0.29, 0.717) is 111 Å². The molecule has 0 atom stereocenters. The molecule has 0 bridgehead atoms. The van der Waals surface area contributed by atoms with Crippen LogP contribution in [0.3, 0.4) is 0 Å². The predicted octanol–water partition coefficient (Wildman–Crippen LogP) is 29.0. The van der Waals surface area contributed by atoms with Crippen LogP contribution in [0.4, 0.5) is 17.1 Å². The molecule has 0 N–H and O–H groups in total. The van der Waals surface area contributed by atoms with Crippen molar-refractivity contribution in [2.45, 2.75) is 178 Å². The van der Waals surface area contributed by atoms with Gasteiger partial charge in [-0.2, -0.15) is 0 Å². The average molecular weight is 1610 g/mol. The van der Waals surface area contributed by atoms with Crippen molar-refractivity contribution in [2.75, 3.05) is 59.5 Å². The summed E-state index contributed by atoms with van der Waals surface area (Å²) in [6.45, 7) is 22.8. The third kappa shape index (κ3) is 14.6. The summed E-state index contributed by atoms with van der Waals surface area (Å²) in [7, 11) is 0. The van der Waals surface area contributed by atoms with E-state index in [-0.39, 0.29) is 31.8 Å². The molecule has 0 radical (unpaired) electrons. The van der Waals surface area contributed by atoms with Crippen molar-refractivity contribution in [3.05, 3.63) is 173 Å². The Kier molecular flexibility index (Phi) is 24.3. The molecular formula is C102H105N3O15. The van der Waals surface area contributed by atoms with E-state index >= 15 is 0 Å². The standard InChI is InChI=1S/C102H105N3O15/c1-10-19-46-112-94-79-70-55-64(31-28-61-34-40-67(41-35-61)103(106)107)56-71-76(70)85-91-86-77-72(80(88(79)91)95(113-47-20-11-2)100(94)118-52-25-16-7)57-65(32-29-62-36-42-68(43-37-62)104(108)109)58-73(77)82-90-84(99(117-51-24-15-6)102(120-54-27-18-9)97(82)115-49-22-13-4)75-60-66(33-30-63-38-44-69(45-39-63)105(110)111)59-74-78(75)87(93(86)90)92(85)89-81(71)96(114-48-21-12-3)101(119-53-26-17-8)98(83(74)89)116-50-23-14-5/h28-45,55-60H,10-27,46-54H2,1-9H3/b31-28+,32-29+,33-30+. The Hall–Kier alpha value is -12.2. The van der Waals surface area contributed by atoms with E-state index in [1.165, 1.54) is 36.4 Å². The SMILES string of the molecule is CCCCOc1c(OCCCC)c2c3cc(/C=C/c4ccc([N+](=O)[O-])cc4)cc4c5c(OCCCC)c(OCCCC)c(OCCCC)c6c7cc(/C=C/c8ccc([N+](=O)[O-])cc8)cc8c9c(OCCCC)c(OCCCC)c(OCCCC)c%10c%11cc(/C=C/c%12ccc([N+](=O)[O-])cc%12)cc%12c(c1OCCCC)c2c1c(c34)c(c56)c(c78)c(c%109)c1c%12%11. The number of hydrogen-bond acceptors (Lipinski definition) is 15. The first-order chi connectivity index (χ1) is 58.7. The van der Waals surface area contributed by atoms with Crippen molar-refractivity contribution in [3.63, 3.8) is 0 Å². The molecule has 0 aromatic heterocycles. The van der Waals surface area contributed by atoms with Gasteiger partial charge in [-0.25, -0.2) is 0 Å². The Morgan fingerprint density at radius 1 is 0.208 bits per heavy atom. The van der Waals surface area contributed by atoms with Gasteiger partial charge in [0.05, 0.1) is 74.2 Å². The molecule has 618 valence electrons. The third-order valence-corrected chi connectivity index (χ3v) is 23.6. The number of nitro benzene ring substituents is 3. The summed E-state index contributed by atoms with van der Waals surface area (Å²) in [4.78, 5) is 35.5. The monoisotopic (exact) mass is 1610 g/mol. The number of benzene rings is 16. The molecule has 18 heteroatoms. The molecule has 120 heavy (non-hydrogen) atoms. The van der Waals surface area contributed by atoms with Gasteiger partial charge in [-0.15, -0.1) is 0 Å². The quantitative estimate of drug-likeness (QED) is 0.00867. The van der Waals surface area contributed by atoms with Gasteiger partial charge in [0.2, 0.25) is 17.2 Å². The van der Waals surface area contributed by atoms with Gasteiger partial charge in [0.1, 0.15) is 0 Å². The normalized spacial score (nSPS) is 12.4. The van der Waals surface area contributed by atoms with Crippen molar-refractivity contribution in [2.24, 2.45) is 0 Å². The molecular weight excluding hydrogens is 1510 g/mol. The van der Waals surface area contributed by atoms with Crippen molar-refractivity contribution < 1.29 is 57.4 Å². The Morgan fingerprint density at radius 3 is 0.525 bits per heavy atom. The number of fused-ring (bicyclic) bond motifs is 6. The average Bonchev–Trinajstić information content (AvgIpc) is 0.634. The van der Waals surface area contributed by atoms with Crippen LogP contribution >= 0.6 is 0 Å². The molecule has 0 saturated carbocycles. The molecule has 0 aliphatic heterocycles. The second kappa shape index (κ2) is 35.8. The van der Waals surface area contributed by atoms with E-state index in [2.05, 4.69) is 117 Å². The molecule has 0 amide bonds. The fraction of sp³-hybridized carbons (Fsp3) is 0.353. The second-order valence-corrected chi connectivity index (χ2v) is 31.9. The maximum atomic E-state index is 12.2. The van der Waals surface area contributed by atoms with Gasteiger partial charge in [-0.1, -0.05) is 157 Å². The molecule has 0 spiro atoms. The van der Waals surface area contributed by atoms with E-state index in [9.17, 15) is 30.3 Å². The van der Waals surface area contributed by atoms with Gasteiger partial charge < -0.3 is 42.6 Å². The maximum absolute atomic E-state index is 12.2. The Bertz CT molecular complexity index is 5640. The highest BCUT2D eigenvalue weighted by atomic mass is 16.6. The number of ether oxygens (including phenoxy) is 9. The molecule has 0 unspecified atom stereocenters. The fourth-order valence-corrected chi connectivity index (χ4v) is 17.6. The van der Waals surface area contributed by atoms with Crippen LogP contribution in [0, 0.1) is 30.3 Å². The number of nitrogens with zero attached hydrogens (tertiary/aromatic N) is 3. The zero-order valence-corrected chi connectivity index (χ0v) is 70.4. The number of nitro groups is 3. The van der Waals surface area contributed by atoms with Crippen LogP contribution in [0.1, 0.15) is 211 Å². The van der Waals surface area contributed by atoms with E-state index in [0.717, 1.165) is 278 Å². The van der Waals surface area contributed by atoms with Gasteiger partial charge >= 0.3 is 0 Å². The molecule has 0 fully saturated rings. The summed E-state index contributed by atoms with van der Waals surface area (Å²) < 4.78 is 68.5. The molecule has 18 nitrogen and oxygen atoms in total. The fourth-order valence-electron chi connectivity index (χ4n) is 17.6. The van der Waals surface area contributed by atoms with E-state index in [1.807, 2.05) is 18.2 Å². The molecule has 0 aliphatic rings. The summed E-state index contributed by atoms with van der Waals surface area (Å²) in [5.41, 5.74) is 4.77. The Morgan fingerprint density at radius 2 is 0.358 bits per heavy atom.